The van der Waals surface area contributed by atoms with E-state index in [1.807, 2.05) is 21.9 Å². The number of piperazine rings is 1. The Hall–Kier alpha value is -4.00. The van der Waals surface area contributed by atoms with Gasteiger partial charge in [-0.25, -0.2) is 14.1 Å². The molecule has 2 amide bonds. The predicted molar refractivity (Wildman–Crippen MR) is 157 cm³/mol. The van der Waals surface area contributed by atoms with Crippen molar-refractivity contribution in [2.75, 3.05) is 36.0 Å². The quantitative estimate of drug-likeness (QED) is 0.318. The standard InChI is InChI=1S/C28H26Cl2FN7O4/c1-33-24-23(26(41)34(2)28(33)42)37(15-16-3-5-17(29)6-4-16)27(32-24)36-11-9-35(10-12-36)21-14-22(39)38(25(21)40)18-7-8-20(31)19(30)13-18/h3-8,13,21H,9-12,14-15H2,1-2H3. The maximum atomic E-state index is 13.7. The number of benzene rings is 2. The first-order valence-corrected chi connectivity index (χ1v) is 14.0. The molecule has 0 N–H and O–H groups in total. The fourth-order valence-corrected chi connectivity index (χ4v) is 5.93. The van der Waals surface area contributed by atoms with E-state index in [2.05, 4.69) is 0 Å². The third-order valence-electron chi connectivity index (χ3n) is 7.90. The van der Waals surface area contributed by atoms with Crippen LogP contribution >= 0.6 is 23.2 Å². The van der Waals surface area contributed by atoms with E-state index in [1.165, 1.54) is 23.7 Å². The SMILES string of the molecule is Cn1c(=O)c2c(nc(N3CCN(C4CC(=O)N(c5ccc(F)c(Cl)c5)C4=O)CC3)n2Cc2ccc(Cl)cc2)n(C)c1=O. The van der Waals surface area contributed by atoms with Crippen molar-refractivity contribution in [1.82, 2.24) is 23.6 Å². The van der Waals surface area contributed by atoms with Crippen molar-refractivity contribution in [3.63, 3.8) is 0 Å². The molecule has 14 heteroatoms. The summed E-state index contributed by atoms with van der Waals surface area (Å²) < 4.78 is 17.9. The van der Waals surface area contributed by atoms with E-state index in [9.17, 15) is 23.6 Å². The molecule has 2 aliphatic heterocycles. The Morgan fingerprint density at radius 1 is 0.929 bits per heavy atom. The Balaban J connectivity index is 1.28. The highest BCUT2D eigenvalue weighted by Gasteiger charge is 2.43. The zero-order chi connectivity index (χ0) is 29.9. The van der Waals surface area contributed by atoms with Crippen molar-refractivity contribution in [2.45, 2.75) is 19.0 Å². The lowest BCUT2D eigenvalue weighted by Gasteiger charge is -2.37. The summed E-state index contributed by atoms with van der Waals surface area (Å²) in [4.78, 5) is 61.9. The zero-order valence-electron chi connectivity index (χ0n) is 22.8. The summed E-state index contributed by atoms with van der Waals surface area (Å²) in [5, 5.41) is 0.420. The van der Waals surface area contributed by atoms with Crippen LogP contribution in [0, 0.1) is 5.82 Å². The van der Waals surface area contributed by atoms with Crippen LogP contribution in [-0.2, 0) is 30.2 Å². The lowest BCUT2D eigenvalue weighted by Crippen LogP contribution is -2.53. The molecule has 0 aliphatic carbocycles. The molecule has 2 fully saturated rings. The number of halogens is 3. The first-order valence-electron chi connectivity index (χ1n) is 13.3. The Morgan fingerprint density at radius 3 is 2.29 bits per heavy atom. The number of anilines is 2. The molecule has 0 saturated carbocycles. The van der Waals surface area contributed by atoms with Gasteiger partial charge in [-0.05, 0) is 35.9 Å². The van der Waals surface area contributed by atoms with E-state index in [-0.39, 0.29) is 34.6 Å². The van der Waals surface area contributed by atoms with Crippen LogP contribution in [0.2, 0.25) is 10.0 Å². The molecule has 4 heterocycles. The molecule has 0 radical (unpaired) electrons. The monoisotopic (exact) mass is 613 g/mol. The summed E-state index contributed by atoms with van der Waals surface area (Å²) in [5.41, 5.74) is 0.787. The number of aryl methyl sites for hydroxylation is 1. The number of hydrogen-bond donors (Lipinski definition) is 0. The number of fused-ring (bicyclic) bond motifs is 1. The number of imidazole rings is 1. The highest BCUT2D eigenvalue weighted by Crippen LogP contribution is 2.30. The normalized spacial score (nSPS) is 18.1. The van der Waals surface area contributed by atoms with Gasteiger partial charge in [-0.15, -0.1) is 0 Å². The largest absolute Gasteiger partial charge is 0.340 e. The Bertz CT molecular complexity index is 1860. The molecule has 2 saturated heterocycles. The molecular weight excluding hydrogens is 588 g/mol. The van der Waals surface area contributed by atoms with Gasteiger partial charge in [-0.2, -0.15) is 4.98 Å². The zero-order valence-corrected chi connectivity index (χ0v) is 24.3. The highest BCUT2D eigenvalue weighted by atomic mass is 35.5. The number of amides is 2. The Labute approximate surface area is 248 Å². The minimum Gasteiger partial charge on any atom is -0.340 e. The van der Waals surface area contributed by atoms with E-state index in [4.69, 9.17) is 28.2 Å². The first kappa shape index (κ1) is 28.1. The summed E-state index contributed by atoms with van der Waals surface area (Å²) in [6.07, 6.45) is 0.00105. The van der Waals surface area contributed by atoms with Gasteiger partial charge in [-0.1, -0.05) is 35.3 Å². The molecule has 0 bridgehead atoms. The number of carbonyl (C=O) groups excluding carboxylic acids is 2. The lowest BCUT2D eigenvalue weighted by molar-refractivity contribution is -0.123. The van der Waals surface area contributed by atoms with E-state index < -0.39 is 23.1 Å². The third-order valence-corrected chi connectivity index (χ3v) is 8.45. The number of rotatable bonds is 5. The molecule has 4 aromatic rings. The van der Waals surface area contributed by atoms with Crippen LogP contribution in [0.15, 0.2) is 52.1 Å². The van der Waals surface area contributed by atoms with Gasteiger partial charge in [0.2, 0.25) is 11.9 Å². The lowest BCUT2D eigenvalue weighted by atomic mass is 10.1. The number of imide groups is 1. The van der Waals surface area contributed by atoms with E-state index in [0.29, 0.717) is 49.2 Å². The Morgan fingerprint density at radius 2 is 1.62 bits per heavy atom. The molecule has 1 unspecified atom stereocenters. The first-order chi connectivity index (χ1) is 20.0. The van der Waals surface area contributed by atoms with Gasteiger partial charge < -0.3 is 4.90 Å². The van der Waals surface area contributed by atoms with Crippen LogP contribution in [-0.4, -0.2) is 67.6 Å². The fraction of sp³-hybridized carbons (Fsp3) is 0.321. The molecule has 218 valence electrons. The van der Waals surface area contributed by atoms with Gasteiger partial charge in [0.05, 0.1) is 29.7 Å². The predicted octanol–water partition coefficient (Wildman–Crippen LogP) is 2.38. The summed E-state index contributed by atoms with van der Waals surface area (Å²) >= 11 is 12.0. The third kappa shape index (κ3) is 4.69. The molecule has 6 rings (SSSR count). The molecule has 2 aromatic carbocycles. The van der Waals surface area contributed by atoms with Gasteiger partial charge in [0.15, 0.2) is 11.2 Å². The molecule has 42 heavy (non-hydrogen) atoms. The van der Waals surface area contributed by atoms with Crippen LogP contribution < -0.4 is 21.0 Å². The van der Waals surface area contributed by atoms with Crippen molar-refractivity contribution in [2.24, 2.45) is 14.1 Å². The maximum Gasteiger partial charge on any atom is 0.332 e. The van der Waals surface area contributed by atoms with Crippen molar-refractivity contribution in [1.29, 1.82) is 0 Å². The van der Waals surface area contributed by atoms with Crippen molar-refractivity contribution < 1.29 is 14.0 Å². The minimum atomic E-state index is -0.663. The summed E-state index contributed by atoms with van der Waals surface area (Å²) in [5.74, 6) is -0.872. The second kappa shape index (κ2) is 10.7. The second-order valence-corrected chi connectivity index (χ2v) is 11.3. The Kier molecular flexibility index (Phi) is 7.16. The van der Waals surface area contributed by atoms with Crippen LogP contribution in [0.25, 0.3) is 11.2 Å². The highest BCUT2D eigenvalue weighted by molar-refractivity contribution is 6.31. The number of carbonyl (C=O) groups is 2. The smallest absolute Gasteiger partial charge is 0.332 e. The minimum absolute atomic E-state index is 0.00105. The van der Waals surface area contributed by atoms with Gasteiger partial charge in [-0.3, -0.25) is 33.0 Å². The van der Waals surface area contributed by atoms with Gasteiger partial charge in [0.25, 0.3) is 11.5 Å². The fourth-order valence-electron chi connectivity index (χ4n) is 5.63. The molecule has 2 aromatic heterocycles. The van der Waals surface area contributed by atoms with Crippen molar-refractivity contribution in [3.8, 4) is 0 Å². The number of hydrogen-bond acceptors (Lipinski definition) is 7. The number of aromatic nitrogens is 4. The summed E-state index contributed by atoms with van der Waals surface area (Å²) in [7, 11) is 3.01. The van der Waals surface area contributed by atoms with Crippen LogP contribution in [0.3, 0.4) is 0 Å². The second-order valence-electron chi connectivity index (χ2n) is 10.4. The maximum absolute atomic E-state index is 13.7. The van der Waals surface area contributed by atoms with Crippen molar-refractivity contribution in [3.05, 3.63) is 84.7 Å². The molecule has 11 nitrogen and oxygen atoms in total. The van der Waals surface area contributed by atoms with Gasteiger partial charge in [0, 0.05) is 45.3 Å². The molecule has 1 atom stereocenters. The average Bonchev–Trinajstić information content (AvgIpc) is 3.50. The van der Waals surface area contributed by atoms with Gasteiger partial charge >= 0.3 is 5.69 Å². The summed E-state index contributed by atoms with van der Waals surface area (Å²) in [6.45, 7) is 2.13. The molecular formula is C28H26Cl2FN7O4. The van der Waals surface area contributed by atoms with Crippen LogP contribution in [0.1, 0.15) is 12.0 Å². The average molecular weight is 614 g/mol. The van der Waals surface area contributed by atoms with Crippen molar-refractivity contribution >= 4 is 57.8 Å². The number of nitrogens with zero attached hydrogens (tertiary/aromatic N) is 7. The summed E-state index contributed by atoms with van der Waals surface area (Å²) in [6, 6.07) is 10.4. The van der Waals surface area contributed by atoms with Gasteiger partial charge in [0.1, 0.15) is 5.82 Å². The molecule has 2 aliphatic rings. The van der Waals surface area contributed by atoms with Crippen LogP contribution in [0.4, 0.5) is 16.0 Å². The van der Waals surface area contributed by atoms with E-state index in [1.54, 1.807) is 23.7 Å². The topological polar surface area (TPSA) is 106 Å². The van der Waals surface area contributed by atoms with Crippen LogP contribution in [0.5, 0.6) is 0 Å². The van der Waals surface area contributed by atoms with E-state index >= 15 is 0 Å². The van der Waals surface area contributed by atoms with E-state index in [0.717, 1.165) is 21.1 Å². The molecule has 0 spiro atoms.